The number of H-pyrrole nitrogens is 1. The second-order valence-electron chi connectivity index (χ2n) is 5.31. The van der Waals surface area contributed by atoms with E-state index in [4.69, 9.17) is 4.74 Å². The Morgan fingerprint density at radius 2 is 2.04 bits per heavy atom. The minimum Gasteiger partial charge on any atom is -0.493 e. The largest absolute Gasteiger partial charge is 0.493 e. The highest BCUT2D eigenvalue weighted by molar-refractivity contribution is 7.85. The molecule has 0 aliphatic rings. The van der Waals surface area contributed by atoms with E-state index in [1.807, 2.05) is 38.1 Å². The normalized spacial score (nSPS) is 12.5. The van der Waals surface area contributed by atoms with E-state index >= 15 is 0 Å². The molecule has 2 aromatic heterocycles. The maximum Gasteiger partial charge on any atom is 0.174 e. The second-order valence-corrected chi connectivity index (χ2v) is 7.32. The molecule has 2 heterocycles. The van der Waals surface area contributed by atoms with Crippen LogP contribution in [-0.2, 0) is 10.8 Å². The average Bonchev–Trinajstić information content (AvgIpc) is 2.97. The van der Waals surface area contributed by atoms with Crippen LogP contribution in [-0.4, -0.2) is 31.7 Å². The van der Waals surface area contributed by atoms with Crippen LogP contribution in [0, 0.1) is 0 Å². The molecule has 0 radical (unpaired) electrons. The lowest BCUT2D eigenvalue weighted by molar-refractivity contribution is 0.414. The summed E-state index contributed by atoms with van der Waals surface area (Å²) in [5, 5.41) is 11.4. The topological polar surface area (TPSA) is 79.9 Å². The molecule has 3 rings (SSSR count). The van der Waals surface area contributed by atoms with Crippen molar-refractivity contribution in [3.63, 3.8) is 0 Å². The monoisotopic (exact) mass is 330 g/mol. The Hall–Kier alpha value is -2.41. The van der Waals surface area contributed by atoms with Crippen molar-refractivity contribution in [3.8, 4) is 5.75 Å². The van der Waals surface area contributed by atoms with Gasteiger partial charge in [0.05, 0.1) is 28.3 Å². The zero-order valence-corrected chi connectivity index (χ0v) is 14.0. The molecule has 2 N–H and O–H groups in total. The zero-order valence-electron chi connectivity index (χ0n) is 13.2. The molecule has 6 nitrogen and oxygen atoms in total. The predicted molar refractivity (Wildman–Crippen MR) is 91.7 cm³/mol. The van der Waals surface area contributed by atoms with Gasteiger partial charge in [0.15, 0.2) is 17.4 Å². The maximum absolute atomic E-state index is 12.2. The Labute approximate surface area is 136 Å². The number of ether oxygens (including phenoxy) is 1. The van der Waals surface area contributed by atoms with E-state index in [-0.39, 0.29) is 5.25 Å². The van der Waals surface area contributed by atoms with Gasteiger partial charge in [-0.05, 0) is 12.1 Å². The fraction of sp³-hybridized carbons (Fsp3) is 0.250. The van der Waals surface area contributed by atoms with Gasteiger partial charge in [0.2, 0.25) is 0 Å². The Morgan fingerprint density at radius 3 is 2.78 bits per heavy atom. The summed E-state index contributed by atoms with van der Waals surface area (Å²) in [7, 11) is 0.454. The number of benzene rings is 1. The number of hydrogen-bond donors (Lipinski definition) is 2. The summed E-state index contributed by atoms with van der Waals surface area (Å²) < 4.78 is 17.6. The van der Waals surface area contributed by atoms with Gasteiger partial charge in [-0.15, -0.1) is 0 Å². The molecule has 23 heavy (non-hydrogen) atoms. The predicted octanol–water partition coefficient (Wildman–Crippen LogP) is 3.23. The van der Waals surface area contributed by atoms with Crippen molar-refractivity contribution in [1.29, 1.82) is 0 Å². The molecule has 1 unspecified atom stereocenters. The van der Waals surface area contributed by atoms with Crippen molar-refractivity contribution in [2.75, 3.05) is 12.4 Å². The summed E-state index contributed by atoms with van der Waals surface area (Å²) in [6.45, 7) is 3.81. The van der Waals surface area contributed by atoms with Crippen molar-refractivity contribution in [3.05, 3.63) is 36.5 Å². The van der Waals surface area contributed by atoms with Crippen LogP contribution in [0.1, 0.15) is 13.8 Å². The first-order valence-corrected chi connectivity index (χ1v) is 8.46. The van der Waals surface area contributed by atoms with Gasteiger partial charge in [0.1, 0.15) is 0 Å². The van der Waals surface area contributed by atoms with Gasteiger partial charge in [0.25, 0.3) is 0 Å². The Balaban J connectivity index is 1.95. The number of hydrogen-bond acceptors (Lipinski definition) is 5. The minimum absolute atomic E-state index is 0.0237. The number of fused-ring (bicyclic) bond motifs is 1. The van der Waals surface area contributed by atoms with Gasteiger partial charge in [-0.3, -0.25) is 9.31 Å². The lowest BCUT2D eigenvalue weighted by atomic mass is 10.2. The standard InChI is InChI=1S/C16H18N4O2S/c1-10(2)23(21)11-8-14(22-3)16(17-9-11)18-15-12-6-4-5-7-13(12)19-20-15/h4-10H,1-3H3,(H2,17,18,19,20). The fourth-order valence-corrected chi connectivity index (χ4v) is 3.15. The van der Waals surface area contributed by atoms with Crippen LogP contribution in [0.4, 0.5) is 11.6 Å². The average molecular weight is 330 g/mol. The highest BCUT2D eigenvalue weighted by Gasteiger charge is 2.14. The van der Waals surface area contributed by atoms with E-state index in [0.29, 0.717) is 22.3 Å². The van der Waals surface area contributed by atoms with E-state index in [1.54, 1.807) is 19.4 Å². The van der Waals surface area contributed by atoms with Crippen molar-refractivity contribution < 1.29 is 8.95 Å². The van der Waals surface area contributed by atoms with Crippen LogP contribution in [0.5, 0.6) is 5.75 Å². The first-order valence-electron chi connectivity index (χ1n) is 7.25. The fourth-order valence-electron chi connectivity index (χ4n) is 2.23. The Kier molecular flexibility index (Phi) is 4.29. The molecule has 0 saturated heterocycles. The van der Waals surface area contributed by atoms with Gasteiger partial charge in [-0.1, -0.05) is 26.0 Å². The van der Waals surface area contributed by atoms with Crippen LogP contribution < -0.4 is 10.1 Å². The summed E-state index contributed by atoms with van der Waals surface area (Å²) >= 11 is 0. The summed E-state index contributed by atoms with van der Waals surface area (Å²) in [4.78, 5) is 5.00. The number of rotatable bonds is 5. The number of pyridine rings is 1. The van der Waals surface area contributed by atoms with Crippen molar-refractivity contribution in [1.82, 2.24) is 15.2 Å². The van der Waals surface area contributed by atoms with E-state index in [0.717, 1.165) is 10.9 Å². The quantitative estimate of drug-likeness (QED) is 0.751. The molecule has 0 aliphatic carbocycles. The molecule has 1 aromatic carbocycles. The molecule has 7 heteroatoms. The molecule has 0 aliphatic heterocycles. The van der Waals surface area contributed by atoms with Crippen LogP contribution in [0.3, 0.4) is 0 Å². The third-order valence-corrected chi connectivity index (χ3v) is 4.96. The SMILES string of the molecule is COc1cc(S(=O)C(C)C)cnc1Nc1n[nH]c2ccccc12. The molecular formula is C16H18N4O2S. The summed E-state index contributed by atoms with van der Waals surface area (Å²) in [6.07, 6.45) is 1.61. The van der Waals surface area contributed by atoms with Crippen LogP contribution in [0.2, 0.25) is 0 Å². The van der Waals surface area contributed by atoms with Crippen LogP contribution in [0.25, 0.3) is 10.9 Å². The molecule has 120 valence electrons. The number of aromatic nitrogens is 3. The van der Waals surface area contributed by atoms with Crippen LogP contribution >= 0.6 is 0 Å². The van der Waals surface area contributed by atoms with Crippen molar-refractivity contribution in [2.24, 2.45) is 0 Å². The number of anilines is 2. The van der Waals surface area contributed by atoms with E-state index in [2.05, 4.69) is 20.5 Å². The van der Waals surface area contributed by atoms with E-state index in [9.17, 15) is 4.21 Å². The molecule has 0 fully saturated rings. The summed E-state index contributed by atoms with van der Waals surface area (Å²) in [5.74, 6) is 1.74. The molecule has 0 bridgehead atoms. The number of methoxy groups -OCH3 is 1. The Morgan fingerprint density at radius 1 is 1.26 bits per heavy atom. The number of nitrogens with one attached hydrogen (secondary N) is 2. The van der Waals surface area contributed by atoms with Gasteiger partial charge in [-0.2, -0.15) is 5.10 Å². The van der Waals surface area contributed by atoms with Gasteiger partial charge in [0, 0.05) is 22.9 Å². The number of aromatic amines is 1. The van der Waals surface area contributed by atoms with Gasteiger partial charge < -0.3 is 10.1 Å². The lowest BCUT2D eigenvalue weighted by Gasteiger charge is -2.11. The molecule has 0 spiro atoms. The molecule has 0 amide bonds. The second kappa shape index (κ2) is 6.37. The van der Waals surface area contributed by atoms with E-state index < -0.39 is 10.8 Å². The smallest absolute Gasteiger partial charge is 0.174 e. The first-order chi connectivity index (χ1) is 11.1. The number of nitrogens with zero attached hydrogens (tertiary/aromatic N) is 2. The molecule has 1 atom stereocenters. The highest BCUT2D eigenvalue weighted by atomic mass is 32.2. The molecule has 0 saturated carbocycles. The van der Waals surface area contributed by atoms with E-state index in [1.165, 1.54) is 0 Å². The summed E-state index contributed by atoms with van der Waals surface area (Å²) in [6, 6.07) is 9.56. The maximum atomic E-state index is 12.2. The summed E-state index contributed by atoms with van der Waals surface area (Å²) in [5.41, 5.74) is 0.937. The highest BCUT2D eigenvalue weighted by Crippen LogP contribution is 2.30. The molecular weight excluding hydrogens is 312 g/mol. The first kappa shape index (κ1) is 15.5. The van der Waals surface area contributed by atoms with Crippen LogP contribution in [0.15, 0.2) is 41.4 Å². The lowest BCUT2D eigenvalue weighted by Crippen LogP contribution is -2.07. The zero-order chi connectivity index (χ0) is 16.4. The van der Waals surface area contributed by atoms with Crippen molar-refractivity contribution >= 4 is 33.3 Å². The number of para-hydroxylation sites is 1. The molecule has 3 aromatic rings. The van der Waals surface area contributed by atoms with Gasteiger partial charge in [-0.25, -0.2) is 4.98 Å². The third-order valence-electron chi connectivity index (χ3n) is 3.42. The minimum atomic E-state index is -1.11. The Bertz CT molecular complexity index is 860. The van der Waals surface area contributed by atoms with Crippen molar-refractivity contribution in [2.45, 2.75) is 24.0 Å². The third kappa shape index (κ3) is 3.05. The van der Waals surface area contributed by atoms with Gasteiger partial charge >= 0.3 is 0 Å².